The molecule has 1 heterocycles. The van der Waals surface area contributed by atoms with Gasteiger partial charge in [0.1, 0.15) is 10.5 Å². The van der Waals surface area contributed by atoms with Gasteiger partial charge < -0.3 is 10.4 Å². The fourth-order valence-corrected chi connectivity index (χ4v) is 1.21. The molecule has 0 aliphatic carbocycles. The number of nitrogens with one attached hydrogen (secondary N) is 1. The van der Waals surface area contributed by atoms with Gasteiger partial charge in [-0.25, -0.2) is 4.98 Å². The van der Waals surface area contributed by atoms with Crippen LogP contribution in [-0.2, 0) is 9.59 Å². The van der Waals surface area contributed by atoms with E-state index in [0.29, 0.717) is 10.3 Å². The van der Waals surface area contributed by atoms with Crippen molar-refractivity contribution < 1.29 is 14.7 Å². The molecule has 15 heavy (non-hydrogen) atoms. The molecular weight excluding hydrogens is 264 g/mol. The summed E-state index contributed by atoms with van der Waals surface area (Å²) in [6.45, 7) is 1.33. The van der Waals surface area contributed by atoms with E-state index in [1.807, 2.05) is 0 Å². The van der Waals surface area contributed by atoms with E-state index >= 15 is 0 Å². The molecule has 1 aromatic heterocycles. The lowest BCUT2D eigenvalue weighted by Gasteiger charge is -2.07. The van der Waals surface area contributed by atoms with Gasteiger partial charge in [-0.3, -0.25) is 9.59 Å². The number of carbonyl (C=O) groups is 2. The molecule has 0 saturated carbocycles. The van der Waals surface area contributed by atoms with Crippen LogP contribution < -0.4 is 5.32 Å². The predicted octanol–water partition coefficient (Wildman–Crippen LogP) is 1.50. The summed E-state index contributed by atoms with van der Waals surface area (Å²) in [7, 11) is 0. The van der Waals surface area contributed by atoms with Crippen molar-refractivity contribution in [2.75, 3.05) is 5.32 Å². The third-order valence-electron chi connectivity index (χ3n) is 1.76. The summed E-state index contributed by atoms with van der Waals surface area (Å²) >= 11 is 3.14. The van der Waals surface area contributed by atoms with Gasteiger partial charge in [-0.15, -0.1) is 0 Å². The number of aliphatic carboxylic acids is 1. The van der Waals surface area contributed by atoms with Crippen LogP contribution in [-0.4, -0.2) is 22.0 Å². The normalized spacial score (nSPS) is 11.9. The van der Waals surface area contributed by atoms with E-state index in [4.69, 9.17) is 5.11 Å². The van der Waals surface area contributed by atoms with Gasteiger partial charge in [0.2, 0.25) is 5.91 Å². The number of nitrogens with zero attached hydrogens (tertiary/aromatic N) is 1. The Labute approximate surface area is 94.6 Å². The van der Waals surface area contributed by atoms with Crippen LogP contribution in [0.15, 0.2) is 22.9 Å². The molecule has 5 nitrogen and oxygen atoms in total. The third-order valence-corrected chi connectivity index (χ3v) is 2.19. The molecule has 0 fully saturated rings. The second-order valence-electron chi connectivity index (χ2n) is 2.92. The number of rotatable bonds is 3. The fourth-order valence-electron chi connectivity index (χ4n) is 0.843. The van der Waals surface area contributed by atoms with Crippen molar-refractivity contribution in [3.63, 3.8) is 0 Å². The minimum absolute atomic E-state index is 0.509. The van der Waals surface area contributed by atoms with E-state index in [0.717, 1.165) is 0 Å². The summed E-state index contributed by atoms with van der Waals surface area (Å²) in [5.41, 5.74) is 0.509. The van der Waals surface area contributed by atoms with Crippen molar-refractivity contribution in [1.82, 2.24) is 4.98 Å². The topological polar surface area (TPSA) is 79.3 Å². The van der Waals surface area contributed by atoms with E-state index in [-0.39, 0.29) is 0 Å². The SMILES string of the molecule is CC(C(=O)O)C(=O)Nc1ccnc(Br)c1. The minimum atomic E-state index is -1.15. The van der Waals surface area contributed by atoms with E-state index < -0.39 is 17.8 Å². The standard InChI is InChI=1S/C9H9BrN2O3/c1-5(9(14)15)8(13)12-6-2-3-11-7(10)4-6/h2-5H,1H3,(H,14,15)(H,11,12,13). The minimum Gasteiger partial charge on any atom is -0.481 e. The van der Waals surface area contributed by atoms with Crippen LogP contribution in [0.4, 0.5) is 5.69 Å². The molecule has 0 aliphatic rings. The molecule has 0 spiro atoms. The van der Waals surface area contributed by atoms with Crippen LogP contribution in [0.1, 0.15) is 6.92 Å². The number of hydrogen-bond acceptors (Lipinski definition) is 3. The molecule has 1 amide bonds. The largest absolute Gasteiger partial charge is 0.481 e. The van der Waals surface area contributed by atoms with Gasteiger partial charge in [0.15, 0.2) is 0 Å². The van der Waals surface area contributed by atoms with Gasteiger partial charge in [0.05, 0.1) is 0 Å². The quantitative estimate of drug-likeness (QED) is 0.646. The zero-order valence-electron chi connectivity index (χ0n) is 7.90. The van der Waals surface area contributed by atoms with Gasteiger partial charge in [-0.1, -0.05) is 0 Å². The Balaban J connectivity index is 2.70. The number of halogens is 1. The summed E-state index contributed by atoms with van der Waals surface area (Å²) in [6, 6.07) is 3.17. The maximum Gasteiger partial charge on any atom is 0.315 e. The number of pyridine rings is 1. The summed E-state index contributed by atoms with van der Waals surface area (Å²) in [5, 5.41) is 11.1. The molecule has 1 atom stereocenters. The molecule has 2 N–H and O–H groups in total. The second kappa shape index (κ2) is 4.88. The molecule has 0 radical (unpaired) electrons. The molecule has 0 aromatic carbocycles. The Morgan fingerprint density at radius 3 is 2.80 bits per heavy atom. The lowest BCUT2D eigenvalue weighted by atomic mass is 10.1. The molecule has 0 aliphatic heterocycles. The smallest absolute Gasteiger partial charge is 0.315 e. The van der Waals surface area contributed by atoms with Crippen molar-refractivity contribution >= 4 is 33.5 Å². The highest BCUT2D eigenvalue weighted by molar-refractivity contribution is 9.10. The summed E-state index contributed by atoms with van der Waals surface area (Å²) in [6.07, 6.45) is 1.51. The number of anilines is 1. The van der Waals surface area contributed by atoms with E-state index in [1.54, 1.807) is 12.1 Å². The molecule has 0 saturated heterocycles. The lowest BCUT2D eigenvalue weighted by molar-refractivity contribution is -0.144. The fraction of sp³-hybridized carbons (Fsp3) is 0.222. The summed E-state index contributed by atoms with van der Waals surface area (Å²) in [4.78, 5) is 25.7. The van der Waals surface area contributed by atoms with Crippen molar-refractivity contribution in [3.8, 4) is 0 Å². The van der Waals surface area contributed by atoms with Gasteiger partial charge in [-0.05, 0) is 35.0 Å². The number of amides is 1. The highest BCUT2D eigenvalue weighted by Crippen LogP contribution is 2.13. The second-order valence-corrected chi connectivity index (χ2v) is 3.73. The molecule has 1 unspecified atom stereocenters. The van der Waals surface area contributed by atoms with Gasteiger partial charge in [0, 0.05) is 11.9 Å². The number of carboxylic acid groups (broad SMARTS) is 1. The predicted molar refractivity (Wildman–Crippen MR) is 57.4 cm³/mol. The molecule has 1 aromatic rings. The maximum atomic E-state index is 11.3. The number of carbonyl (C=O) groups excluding carboxylic acids is 1. The zero-order chi connectivity index (χ0) is 11.4. The number of carboxylic acids is 1. The summed E-state index contributed by atoms with van der Waals surface area (Å²) in [5.74, 6) is -2.78. The maximum absolute atomic E-state index is 11.3. The van der Waals surface area contributed by atoms with Crippen molar-refractivity contribution in [2.24, 2.45) is 5.92 Å². The average Bonchev–Trinajstić information content (AvgIpc) is 2.16. The molecular formula is C9H9BrN2O3. The van der Waals surface area contributed by atoms with E-state index in [9.17, 15) is 9.59 Å². The highest BCUT2D eigenvalue weighted by atomic mass is 79.9. The molecule has 0 bridgehead atoms. The van der Waals surface area contributed by atoms with Crippen LogP contribution in [0, 0.1) is 5.92 Å². The van der Waals surface area contributed by atoms with Crippen molar-refractivity contribution in [1.29, 1.82) is 0 Å². The van der Waals surface area contributed by atoms with Crippen LogP contribution in [0.25, 0.3) is 0 Å². The summed E-state index contributed by atoms with van der Waals surface area (Å²) < 4.78 is 0.572. The van der Waals surface area contributed by atoms with E-state index in [1.165, 1.54) is 13.1 Å². The number of aromatic nitrogens is 1. The molecule has 6 heteroatoms. The molecule has 1 rings (SSSR count). The first-order chi connectivity index (χ1) is 7.00. The third kappa shape index (κ3) is 3.32. The Kier molecular flexibility index (Phi) is 3.79. The Morgan fingerprint density at radius 2 is 2.27 bits per heavy atom. The van der Waals surface area contributed by atoms with Gasteiger partial charge in [-0.2, -0.15) is 0 Å². The van der Waals surface area contributed by atoms with Gasteiger partial charge in [0.25, 0.3) is 0 Å². The highest BCUT2D eigenvalue weighted by Gasteiger charge is 2.20. The first kappa shape index (κ1) is 11.6. The van der Waals surface area contributed by atoms with Crippen LogP contribution >= 0.6 is 15.9 Å². The van der Waals surface area contributed by atoms with Gasteiger partial charge >= 0.3 is 5.97 Å². The average molecular weight is 273 g/mol. The monoisotopic (exact) mass is 272 g/mol. The van der Waals surface area contributed by atoms with E-state index in [2.05, 4.69) is 26.2 Å². The van der Waals surface area contributed by atoms with Crippen LogP contribution in [0.2, 0.25) is 0 Å². The van der Waals surface area contributed by atoms with Crippen LogP contribution in [0.5, 0.6) is 0 Å². The Hall–Kier alpha value is -1.43. The first-order valence-corrected chi connectivity index (χ1v) is 4.95. The Bertz CT molecular complexity index is 395. The molecule has 80 valence electrons. The lowest BCUT2D eigenvalue weighted by Crippen LogP contribution is -2.26. The zero-order valence-corrected chi connectivity index (χ0v) is 9.48. The Morgan fingerprint density at radius 1 is 1.60 bits per heavy atom. The van der Waals surface area contributed by atoms with Crippen LogP contribution in [0.3, 0.4) is 0 Å². The van der Waals surface area contributed by atoms with Crippen molar-refractivity contribution in [3.05, 3.63) is 22.9 Å². The van der Waals surface area contributed by atoms with Crippen molar-refractivity contribution in [2.45, 2.75) is 6.92 Å². The first-order valence-electron chi connectivity index (χ1n) is 4.16. The number of hydrogen-bond donors (Lipinski definition) is 2.